The van der Waals surface area contributed by atoms with Crippen molar-refractivity contribution in [3.05, 3.63) is 29.8 Å². The van der Waals surface area contributed by atoms with Crippen LogP contribution in [-0.2, 0) is 14.3 Å². The Balaban J connectivity index is 1.32. The Morgan fingerprint density at radius 2 is 1.65 bits per heavy atom. The van der Waals surface area contributed by atoms with Gasteiger partial charge >= 0.3 is 0 Å². The van der Waals surface area contributed by atoms with Crippen LogP contribution in [0.5, 0.6) is 0 Å². The highest BCUT2D eigenvalue weighted by molar-refractivity contribution is 6.00. The molecule has 1 N–H and O–H groups in total. The smallest absolute Gasteiger partial charge is 0.256 e. The van der Waals surface area contributed by atoms with Crippen molar-refractivity contribution in [2.24, 2.45) is 5.92 Å². The number of amides is 3. The quantitative estimate of drug-likeness (QED) is 0.690. The molecule has 34 heavy (non-hydrogen) atoms. The second-order valence-electron chi connectivity index (χ2n) is 10.1. The van der Waals surface area contributed by atoms with Gasteiger partial charge in [0.15, 0.2) is 0 Å². The number of nitrogens with one attached hydrogen (secondary N) is 1. The lowest BCUT2D eigenvalue weighted by molar-refractivity contribution is -0.142. The molecule has 4 rings (SSSR count). The van der Waals surface area contributed by atoms with Crippen molar-refractivity contribution in [1.29, 1.82) is 0 Å². The monoisotopic (exact) mass is 470 g/mol. The molecule has 0 bridgehead atoms. The normalized spacial score (nSPS) is 21.7. The van der Waals surface area contributed by atoms with Gasteiger partial charge in [-0.15, -0.1) is 0 Å². The number of hydrogen-bond acceptors (Lipinski definition) is 5. The van der Waals surface area contributed by atoms with Crippen molar-refractivity contribution >= 4 is 23.4 Å². The first kappa shape index (κ1) is 24.5. The van der Waals surface area contributed by atoms with Crippen molar-refractivity contribution in [2.75, 3.05) is 50.8 Å². The van der Waals surface area contributed by atoms with E-state index < -0.39 is 0 Å². The lowest BCUT2D eigenvalue weighted by atomic mass is 10.0. The number of carbonyl (C=O) groups is 3. The van der Waals surface area contributed by atoms with E-state index in [1.165, 1.54) is 0 Å². The largest absolute Gasteiger partial charge is 0.371 e. The van der Waals surface area contributed by atoms with Crippen LogP contribution in [0.4, 0.5) is 5.69 Å². The molecule has 186 valence electrons. The van der Waals surface area contributed by atoms with Gasteiger partial charge < -0.3 is 24.8 Å². The summed E-state index contributed by atoms with van der Waals surface area (Å²) >= 11 is 0. The van der Waals surface area contributed by atoms with Crippen molar-refractivity contribution < 1.29 is 19.1 Å². The van der Waals surface area contributed by atoms with E-state index in [1.807, 2.05) is 34.1 Å². The van der Waals surface area contributed by atoms with E-state index in [9.17, 15) is 14.4 Å². The Bertz CT molecular complexity index is 867. The lowest BCUT2D eigenvalue weighted by Gasteiger charge is -2.38. The van der Waals surface area contributed by atoms with E-state index in [1.54, 1.807) is 0 Å². The third-order valence-corrected chi connectivity index (χ3v) is 7.01. The standard InChI is InChI=1S/C26H38N4O4/c1-19(2)18-24(31)27-20-9-11-28(12-10-20)22-7-4-3-6-21(22)25(32)29-13-15-30(16-14-29)26(33)23-8-5-17-34-23/h3-4,6-7,19-20,23H,5,8-18H2,1-2H3,(H,27,31)/t23-/m1/s1. The molecule has 0 aliphatic carbocycles. The lowest BCUT2D eigenvalue weighted by Crippen LogP contribution is -2.53. The van der Waals surface area contributed by atoms with Crippen LogP contribution in [0.15, 0.2) is 24.3 Å². The summed E-state index contributed by atoms with van der Waals surface area (Å²) < 4.78 is 5.54. The van der Waals surface area contributed by atoms with Crippen LogP contribution < -0.4 is 10.2 Å². The summed E-state index contributed by atoms with van der Waals surface area (Å²) in [6, 6.07) is 7.99. The highest BCUT2D eigenvalue weighted by atomic mass is 16.5. The van der Waals surface area contributed by atoms with E-state index in [0.717, 1.165) is 44.5 Å². The molecule has 3 saturated heterocycles. The average molecular weight is 471 g/mol. The number of benzene rings is 1. The van der Waals surface area contributed by atoms with Gasteiger partial charge in [0, 0.05) is 64.0 Å². The maximum Gasteiger partial charge on any atom is 0.256 e. The van der Waals surface area contributed by atoms with Crippen LogP contribution in [0.25, 0.3) is 0 Å². The van der Waals surface area contributed by atoms with Gasteiger partial charge in [0.25, 0.3) is 11.8 Å². The van der Waals surface area contributed by atoms with Gasteiger partial charge in [0.1, 0.15) is 6.10 Å². The van der Waals surface area contributed by atoms with Gasteiger partial charge in [-0.25, -0.2) is 0 Å². The number of piperidine rings is 1. The van der Waals surface area contributed by atoms with Crippen LogP contribution in [0.1, 0.15) is 56.3 Å². The molecule has 1 aromatic rings. The maximum absolute atomic E-state index is 13.4. The zero-order valence-electron chi connectivity index (χ0n) is 20.5. The predicted octanol–water partition coefficient (Wildman–Crippen LogP) is 2.28. The molecule has 8 nitrogen and oxygen atoms in total. The number of hydrogen-bond donors (Lipinski definition) is 1. The van der Waals surface area contributed by atoms with Crippen LogP contribution in [0.2, 0.25) is 0 Å². The summed E-state index contributed by atoms with van der Waals surface area (Å²) in [4.78, 5) is 44.1. The van der Waals surface area contributed by atoms with Gasteiger partial charge in [0.05, 0.1) is 5.56 Å². The van der Waals surface area contributed by atoms with Crippen LogP contribution in [0.3, 0.4) is 0 Å². The van der Waals surface area contributed by atoms with Crippen molar-refractivity contribution in [3.8, 4) is 0 Å². The molecule has 1 aromatic carbocycles. The molecule has 3 aliphatic heterocycles. The van der Waals surface area contributed by atoms with Gasteiger partial charge in [-0.05, 0) is 43.7 Å². The minimum absolute atomic E-state index is 0.0205. The fourth-order valence-corrected chi connectivity index (χ4v) is 5.13. The summed E-state index contributed by atoms with van der Waals surface area (Å²) in [5.74, 6) is 0.565. The number of para-hydroxylation sites is 1. The second kappa shape index (κ2) is 11.2. The molecule has 0 radical (unpaired) electrons. The molecule has 8 heteroatoms. The number of ether oxygens (including phenoxy) is 1. The molecule has 0 spiro atoms. The third kappa shape index (κ3) is 5.90. The average Bonchev–Trinajstić information content (AvgIpc) is 3.38. The fraction of sp³-hybridized carbons (Fsp3) is 0.654. The van der Waals surface area contributed by atoms with E-state index >= 15 is 0 Å². The van der Waals surface area contributed by atoms with Gasteiger partial charge in [0.2, 0.25) is 5.91 Å². The molecule has 0 saturated carbocycles. The zero-order chi connectivity index (χ0) is 24.1. The van der Waals surface area contributed by atoms with Crippen molar-refractivity contribution in [3.63, 3.8) is 0 Å². The minimum Gasteiger partial charge on any atom is -0.371 e. The number of piperazine rings is 1. The fourth-order valence-electron chi connectivity index (χ4n) is 5.13. The van der Waals surface area contributed by atoms with Crippen LogP contribution in [-0.4, -0.2) is 85.5 Å². The molecule has 0 aromatic heterocycles. The van der Waals surface area contributed by atoms with Crippen molar-refractivity contribution in [2.45, 2.75) is 58.1 Å². The Kier molecular flexibility index (Phi) is 8.08. The summed E-state index contributed by atoms with van der Waals surface area (Å²) in [6.45, 7) is 8.55. The highest BCUT2D eigenvalue weighted by Crippen LogP contribution is 2.26. The minimum atomic E-state index is -0.305. The molecule has 0 unspecified atom stereocenters. The Morgan fingerprint density at radius 1 is 0.971 bits per heavy atom. The maximum atomic E-state index is 13.4. The first-order valence-electron chi connectivity index (χ1n) is 12.8. The molecule has 3 heterocycles. The Hall–Kier alpha value is -2.61. The molecular formula is C26H38N4O4. The van der Waals surface area contributed by atoms with Gasteiger partial charge in [-0.2, -0.15) is 0 Å². The zero-order valence-corrected chi connectivity index (χ0v) is 20.5. The summed E-state index contributed by atoms with van der Waals surface area (Å²) in [5, 5.41) is 3.16. The molecule has 1 atom stereocenters. The summed E-state index contributed by atoms with van der Waals surface area (Å²) in [5.41, 5.74) is 1.67. The van der Waals surface area contributed by atoms with Crippen LogP contribution >= 0.6 is 0 Å². The first-order valence-corrected chi connectivity index (χ1v) is 12.8. The first-order chi connectivity index (χ1) is 16.4. The Labute approximate surface area is 202 Å². The molecule has 3 aliphatic rings. The van der Waals surface area contributed by atoms with Gasteiger partial charge in [-0.3, -0.25) is 14.4 Å². The predicted molar refractivity (Wildman–Crippen MR) is 131 cm³/mol. The van der Waals surface area contributed by atoms with Gasteiger partial charge in [-0.1, -0.05) is 26.0 Å². The van der Waals surface area contributed by atoms with Crippen molar-refractivity contribution in [1.82, 2.24) is 15.1 Å². The number of rotatable bonds is 6. The molecule has 3 amide bonds. The SMILES string of the molecule is CC(C)CC(=O)NC1CCN(c2ccccc2C(=O)N2CCN(C(=O)[C@H]3CCCO3)CC2)CC1. The summed E-state index contributed by atoms with van der Waals surface area (Å²) in [7, 11) is 0. The van der Waals surface area contributed by atoms with E-state index in [0.29, 0.717) is 50.7 Å². The number of nitrogens with zero attached hydrogens (tertiary/aromatic N) is 3. The third-order valence-electron chi connectivity index (χ3n) is 7.01. The van der Waals surface area contributed by atoms with E-state index in [4.69, 9.17) is 4.74 Å². The topological polar surface area (TPSA) is 82.2 Å². The molecule has 3 fully saturated rings. The number of carbonyl (C=O) groups excluding carboxylic acids is 3. The Morgan fingerprint density at radius 3 is 2.29 bits per heavy atom. The van der Waals surface area contributed by atoms with E-state index in [-0.39, 0.29) is 29.9 Å². The number of anilines is 1. The highest BCUT2D eigenvalue weighted by Gasteiger charge is 2.32. The second-order valence-corrected chi connectivity index (χ2v) is 10.1. The van der Waals surface area contributed by atoms with E-state index in [2.05, 4.69) is 24.1 Å². The summed E-state index contributed by atoms with van der Waals surface area (Å²) in [6.07, 6.45) is 3.73. The van der Waals surface area contributed by atoms with Crippen LogP contribution in [0, 0.1) is 5.92 Å². The molecular weight excluding hydrogens is 432 g/mol.